The van der Waals surface area contributed by atoms with E-state index < -0.39 is 0 Å². The predicted molar refractivity (Wildman–Crippen MR) is 90.9 cm³/mol. The van der Waals surface area contributed by atoms with Gasteiger partial charge in [-0.25, -0.2) is 4.98 Å². The van der Waals surface area contributed by atoms with Crippen LogP contribution in [0, 0.1) is 0 Å². The average Bonchev–Trinajstić information content (AvgIpc) is 2.98. The molecule has 2 aliphatic heterocycles. The molecule has 0 aromatic carbocycles. The minimum Gasteiger partial charge on any atom is -0.340 e. The zero-order valence-corrected chi connectivity index (χ0v) is 14.6. The number of thioether (sulfide) groups is 1. The number of carbonyl (C=O) groups excluding carboxylic acids is 1. The predicted octanol–water partition coefficient (Wildman–Crippen LogP) is 1.01. The van der Waals surface area contributed by atoms with Gasteiger partial charge in [0.05, 0.1) is 6.04 Å². The molecule has 0 aliphatic carbocycles. The van der Waals surface area contributed by atoms with Gasteiger partial charge < -0.3 is 9.80 Å². The van der Waals surface area contributed by atoms with Gasteiger partial charge in [0.1, 0.15) is 0 Å². The minimum atomic E-state index is -0.0578. The molecule has 0 bridgehead atoms. The van der Waals surface area contributed by atoms with Crippen molar-refractivity contribution in [1.82, 2.24) is 19.4 Å². The summed E-state index contributed by atoms with van der Waals surface area (Å²) in [5.41, 5.74) is 0.807. The second-order valence-corrected chi connectivity index (χ2v) is 7.06. The van der Waals surface area contributed by atoms with E-state index in [1.807, 2.05) is 11.8 Å². The van der Waals surface area contributed by atoms with E-state index in [1.54, 1.807) is 22.4 Å². The highest BCUT2D eigenvalue weighted by Crippen LogP contribution is 2.32. The summed E-state index contributed by atoms with van der Waals surface area (Å²) in [6.07, 6.45) is 1.16. The molecular formula is C16H24N4O2S. The summed E-state index contributed by atoms with van der Waals surface area (Å²) in [4.78, 5) is 33.7. The molecule has 1 atom stereocenters. The highest BCUT2D eigenvalue weighted by molar-refractivity contribution is 7.99. The van der Waals surface area contributed by atoms with E-state index in [0.717, 1.165) is 55.7 Å². The van der Waals surface area contributed by atoms with Crippen LogP contribution in [0.1, 0.15) is 32.0 Å². The van der Waals surface area contributed by atoms with Gasteiger partial charge in [0.25, 0.3) is 5.56 Å². The Kier molecular flexibility index (Phi) is 5.06. The van der Waals surface area contributed by atoms with Crippen LogP contribution in [0.4, 0.5) is 0 Å². The summed E-state index contributed by atoms with van der Waals surface area (Å²) in [6, 6.07) is 1.55. The largest absolute Gasteiger partial charge is 0.340 e. The van der Waals surface area contributed by atoms with Crippen LogP contribution in [0.5, 0.6) is 0 Å². The standard InChI is InChI=1S/C16H24N4O2S/c1-3-12-9-15(22)20-13(11-23-16(20)17-12)10-14(21)19-7-5-18(4-2)6-8-19/h9,13H,3-8,10-11H2,1-2H3. The van der Waals surface area contributed by atoms with Crippen molar-refractivity contribution in [2.75, 3.05) is 38.5 Å². The van der Waals surface area contributed by atoms with Crippen molar-refractivity contribution in [3.05, 3.63) is 22.1 Å². The lowest BCUT2D eigenvalue weighted by Gasteiger charge is -2.34. The molecule has 126 valence electrons. The molecule has 1 aromatic rings. The Morgan fingerprint density at radius 2 is 2.04 bits per heavy atom. The number of aromatic nitrogens is 2. The minimum absolute atomic E-state index is 0.0227. The van der Waals surface area contributed by atoms with Gasteiger partial charge in [0.15, 0.2) is 5.16 Å². The highest BCUT2D eigenvalue weighted by atomic mass is 32.2. The SMILES string of the molecule is CCc1cc(=O)n2c(n1)SCC2CC(=O)N1CCN(CC)CC1. The van der Waals surface area contributed by atoms with Crippen LogP contribution < -0.4 is 5.56 Å². The third-order valence-corrected chi connectivity index (χ3v) is 5.79. The molecule has 23 heavy (non-hydrogen) atoms. The summed E-state index contributed by atoms with van der Waals surface area (Å²) in [7, 11) is 0. The number of rotatable bonds is 4. The van der Waals surface area contributed by atoms with E-state index in [9.17, 15) is 9.59 Å². The molecule has 0 saturated carbocycles. The fourth-order valence-corrected chi connectivity index (χ4v) is 4.34. The molecule has 3 rings (SSSR count). The summed E-state index contributed by atoms with van der Waals surface area (Å²) in [6.45, 7) is 8.65. The molecule has 2 aliphatic rings. The monoisotopic (exact) mass is 336 g/mol. The number of aryl methyl sites for hydroxylation is 1. The third-order valence-electron chi connectivity index (χ3n) is 4.69. The fourth-order valence-electron chi connectivity index (χ4n) is 3.17. The van der Waals surface area contributed by atoms with Crippen LogP contribution in [0.3, 0.4) is 0 Å². The average molecular weight is 336 g/mol. The second kappa shape index (κ2) is 7.05. The normalized spacial score (nSPS) is 21.5. The number of carbonyl (C=O) groups is 1. The van der Waals surface area contributed by atoms with E-state index in [1.165, 1.54) is 0 Å². The zero-order valence-electron chi connectivity index (χ0n) is 13.8. The molecule has 1 unspecified atom stereocenters. The van der Waals surface area contributed by atoms with Crippen LogP contribution in [-0.2, 0) is 11.2 Å². The van der Waals surface area contributed by atoms with Gasteiger partial charge in [-0.1, -0.05) is 25.6 Å². The Balaban J connectivity index is 1.67. The lowest BCUT2D eigenvalue weighted by atomic mass is 10.2. The lowest BCUT2D eigenvalue weighted by Crippen LogP contribution is -2.49. The van der Waals surface area contributed by atoms with Crippen molar-refractivity contribution in [1.29, 1.82) is 0 Å². The van der Waals surface area contributed by atoms with Crippen molar-refractivity contribution in [3.63, 3.8) is 0 Å². The molecule has 3 heterocycles. The molecule has 1 saturated heterocycles. The Bertz CT molecular complexity index is 637. The van der Waals surface area contributed by atoms with Gasteiger partial charge in [-0.3, -0.25) is 14.2 Å². The summed E-state index contributed by atoms with van der Waals surface area (Å²) in [5, 5.41) is 0.767. The van der Waals surface area contributed by atoms with Gasteiger partial charge in [-0.2, -0.15) is 0 Å². The first-order valence-corrected chi connectivity index (χ1v) is 9.36. The number of hydrogen-bond donors (Lipinski definition) is 0. The number of piperazine rings is 1. The van der Waals surface area contributed by atoms with Crippen LogP contribution in [0.25, 0.3) is 0 Å². The Labute approximate surface area is 140 Å². The van der Waals surface area contributed by atoms with E-state index in [-0.39, 0.29) is 17.5 Å². The number of amides is 1. The number of likely N-dealkylation sites (N-methyl/N-ethyl adjacent to an activating group) is 1. The van der Waals surface area contributed by atoms with E-state index in [0.29, 0.717) is 6.42 Å². The van der Waals surface area contributed by atoms with Crippen molar-refractivity contribution in [2.24, 2.45) is 0 Å². The molecule has 0 radical (unpaired) electrons. The zero-order chi connectivity index (χ0) is 16.4. The van der Waals surface area contributed by atoms with Crippen LogP contribution in [-0.4, -0.2) is 63.7 Å². The Morgan fingerprint density at radius 1 is 1.30 bits per heavy atom. The Hall–Kier alpha value is -1.34. The van der Waals surface area contributed by atoms with Crippen molar-refractivity contribution < 1.29 is 4.79 Å². The van der Waals surface area contributed by atoms with Gasteiger partial charge in [0.2, 0.25) is 5.91 Å². The van der Waals surface area contributed by atoms with Crippen molar-refractivity contribution in [2.45, 2.75) is 37.9 Å². The molecule has 6 nitrogen and oxygen atoms in total. The lowest BCUT2D eigenvalue weighted by molar-refractivity contribution is -0.133. The highest BCUT2D eigenvalue weighted by Gasteiger charge is 2.30. The molecule has 1 aromatic heterocycles. The summed E-state index contributed by atoms with van der Waals surface area (Å²) in [5.74, 6) is 0.918. The maximum absolute atomic E-state index is 12.6. The van der Waals surface area contributed by atoms with E-state index in [4.69, 9.17) is 0 Å². The van der Waals surface area contributed by atoms with Gasteiger partial charge >= 0.3 is 0 Å². The molecule has 7 heteroatoms. The van der Waals surface area contributed by atoms with Gasteiger partial charge in [-0.05, 0) is 13.0 Å². The smallest absolute Gasteiger partial charge is 0.254 e. The molecule has 1 amide bonds. The van der Waals surface area contributed by atoms with Crippen LogP contribution >= 0.6 is 11.8 Å². The molecule has 1 fully saturated rings. The van der Waals surface area contributed by atoms with Gasteiger partial charge in [-0.15, -0.1) is 0 Å². The second-order valence-electron chi connectivity index (χ2n) is 6.08. The third kappa shape index (κ3) is 3.45. The van der Waals surface area contributed by atoms with Crippen LogP contribution in [0.15, 0.2) is 16.0 Å². The van der Waals surface area contributed by atoms with E-state index in [2.05, 4.69) is 16.8 Å². The number of hydrogen-bond acceptors (Lipinski definition) is 5. The maximum atomic E-state index is 12.6. The number of fused-ring (bicyclic) bond motifs is 1. The molecule has 0 spiro atoms. The van der Waals surface area contributed by atoms with Crippen LogP contribution in [0.2, 0.25) is 0 Å². The molecular weight excluding hydrogens is 312 g/mol. The van der Waals surface area contributed by atoms with E-state index >= 15 is 0 Å². The number of nitrogens with zero attached hydrogens (tertiary/aromatic N) is 4. The van der Waals surface area contributed by atoms with Crippen molar-refractivity contribution >= 4 is 17.7 Å². The maximum Gasteiger partial charge on any atom is 0.254 e. The van der Waals surface area contributed by atoms with Crippen molar-refractivity contribution in [3.8, 4) is 0 Å². The summed E-state index contributed by atoms with van der Waals surface area (Å²) < 4.78 is 1.71. The Morgan fingerprint density at radius 3 is 2.70 bits per heavy atom. The fraction of sp³-hybridized carbons (Fsp3) is 0.688. The summed E-state index contributed by atoms with van der Waals surface area (Å²) >= 11 is 1.59. The van der Waals surface area contributed by atoms with Gasteiger partial charge in [0, 0.05) is 50.1 Å². The first-order valence-electron chi connectivity index (χ1n) is 8.37. The topological polar surface area (TPSA) is 58.4 Å². The first kappa shape index (κ1) is 16.5. The molecule has 0 N–H and O–H groups in total. The quantitative estimate of drug-likeness (QED) is 0.768. The first-order chi connectivity index (χ1) is 11.1.